The van der Waals surface area contributed by atoms with Crippen LogP contribution in [0.5, 0.6) is 5.75 Å². The minimum absolute atomic E-state index is 0.00504. The summed E-state index contributed by atoms with van der Waals surface area (Å²) >= 11 is 0. The highest BCUT2D eigenvalue weighted by Crippen LogP contribution is 2.22. The molecule has 0 saturated heterocycles. The molecular weight excluding hydrogens is 416 g/mol. The van der Waals surface area contributed by atoms with Gasteiger partial charge in [0, 0.05) is 25.1 Å². The third-order valence-electron chi connectivity index (χ3n) is 6.39. The summed E-state index contributed by atoms with van der Waals surface area (Å²) in [5.41, 5.74) is 2.16. The number of carbonyl (C=O) groups is 1. The van der Waals surface area contributed by atoms with E-state index in [2.05, 4.69) is 10.2 Å². The van der Waals surface area contributed by atoms with Crippen LogP contribution in [0, 0.1) is 0 Å². The molecule has 2 aromatic carbocycles. The average molecular weight is 449 g/mol. The molecule has 0 aliphatic carbocycles. The molecule has 1 N–H and O–H groups in total. The number of ether oxygens (including phenoxy) is 1. The molecule has 1 aliphatic heterocycles. The van der Waals surface area contributed by atoms with Crippen LogP contribution >= 0.6 is 0 Å². The van der Waals surface area contributed by atoms with Gasteiger partial charge in [0.05, 0.1) is 24.1 Å². The zero-order chi connectivity index (χ0) is 23.4. The maximum Gasteiger partial charge on any atom is 0.261 e. The molecule has 0 bridgehead atoms. The number of nitrogens with one attached hydrogen (secondary N) is 1. The van der Waals surface area contributed by atoms with E-state index in [9.17, 15) is 9.59 Å². The van der Waals surface area contributed by atoms with Crippen LogP contribution in [0.2, 0.25) is 0 Å². The van der Waals surface area contributed by atoms with Crippen molar-refractivity contribution in [2.75, 3.05) is 27.7 Å². The van der Waals surface area contributed by atoms with Crippen molar-refractivity contribution in [1.29, 1.82) is 0 Å². The fourth-order valence-corrected chi connectivity index (χ4v) is 4.48. The second-order valence-corrected chi connectivity index (χ2v) is 8.85. The van der Waals surface area contributed by atoms with Crippen molar-refractivity contribution in [2.45, 2.75) is 44.7 Å². The number of likely N-dealkylation sites (N-methyl/N-ethyl adjacent to an activating group) is 1. The molecule has 1 aliphatic rings. The molecule has 2 heterocycles. The SMILES string of the molecule is COc1cccc(C(CNC(=O)c2ccc3c(=O)n4c(nc3c2)CCCCCC4)N(C)C)c1. The first kappa shape index (κ1) is 23.0. The number of carbonyl (C=O) groups excluding carboxylic acids is 1. The fourth-order valence-electron chi connectivity index (χ4n) is 4.48. The Labute approximate surface area is 194 Å². The van der Waals surface area contributed by atoms with Gasteiger partial charge in [0.25, 0.3) is 11.5 Å². The molecule has 0 radical (unpaired) electrons. The second kappa shape index (κ2) is 10.2. The minimum Gasteiger partial charge on any atom is -0.497 e. The van der Waals surface area contributed by atoms with Gasteiger partial charge in [-0.15, -0.1) is 0 Å². The summed E-state index contributed by atoms with van der Waals surface area (Å²) in [6, 6.07) is 13.0. The normalized spacial score (nSPS) is 14.9. The molecule has 33 heavy (non-hydrogen) atoms. The fraction of sp³-hybridized carbons (Fsp3) is 0.423. The molecule has 7 heteroatoms. The number of benzene rings is 2. The summed E-state index contributed by atoms with van der Waals surface area (Å²) < 4.78 is 7.16. The summed E-state index contributed by atoms with van der Waals surface area (Å²) in [5, 5.41) is 3.61. The number of fused-ring (bicyclic) bond motifs is 2. The molecule has 1 aromatic heterocycles. The molecule has 1 unspecified atom stereocenters. The van der Waals surface area contributed by atoms with Crippen LogP contribution in [0.15, 0.2) is 47.3 Å². The van der Waals surface area contributed by atoms with Crippen LogP contribution in [-0.2, 0) is 13.0 Å². The van der Waals surface area contributed by atoms with Gasteiger partial charge in [-0.25, -0.2) is 4.98 Å². The van der Waals surface area contributed by atoms with Crippen LogP contribution in [0.3, 0.4) is 0 Å². The molecule has 7 nitrogen and oxygen atoms in total. The van der Waals surface area contributed by atoms with E-state index in [1.165, 1.54) is 0 Å². The summed E-state index contributed by atoms with van der Waals surface area (Å²) in [5.74, 6) is 1.43. The summed E-state index contributed by atoms with van der Waals surface area (Å²) in [4.78, 5) is 32.8. The Morgan fingerprint density at radius 3 is 2.76 bits per heavy atom. The minimum atomic E-state index is -0.180. The third kappa shape index (κ3) is 5.09. The van der Waals surface area contributed by atoms with E-state index in [0.29, 0.717) is 23.0 Å². The van der Waals surface area contributed by atoms with Crippen LogP contribution in [0.25, 0.3) is 10.9 Å². The maximum absolute atomic E-state index is 13.0. The Kier molecular flexibility index (Phi) is 7.08. The molecular formula is C26H32N4O3. The van der Waals surface area contributed by atoms with Gasteiger partial charge in [-0.3, -0.25) is 14.2 Å². The number of rotatable bonds is 6. The Morgan fingerprint density at radius 2 is 1.97 bits per heavy atom. The molecule has 0 spiro atoms. The molecule has 3 aromatic rings. The predicted octanol–water partition coefficient (Wildman–Crippen LogP) is 3.55. The van der Waals surface area contributed by atoms with Gasteiger partial charge in [-0.1, -0.05) is 25.0 Å². The standard InChI is InChI=1S/C26H32N4O3/c1-29(2)23(18-9-8-10-20(15-18)33-3)17-27-25(31)19-12-13-21-22(16-19)28-24-11-6-4-5-7-14-30(24)26(21)32/h8-10,12-13,15-16,23H,4-7,11,14,17H2,1-3H3,(H,27,31). The zero-order valence-corrected chi connectivity index (χ0v) is 19.6. The van der Waals surface area contributed by atoms with E-state index in [4.69, 9.17) is 9.72 Å². The summed E-state index contributed by atoms with van der Waals surface area (Å²) in [6.45, 7) is 1.16. The van der Waals surface area contributed by atoms with Gasteiger partial charge in [-0.05, 0) is 62.8 Å². The number of hydrogen-bond acceptors (Lipinski definition) is 5. The first-order valence-corrected chi connectivity index (χ1v) is 11.6. The lowest BCUT2D eigenvalue weighted by Gasteiger charge is -2.25. The Hall–Kier alpha value is -3.19. The number of nitrogens with zero attached hydrogens (tertiary/aromatic N) is 3. The van der Waals surface area contributed by atoms with E-state index in [1.54, 1.807) is 25.3 Å². The Balaban J connectivity index is 1.56. The first-order chi connectivity index (χ1) is 16.0. The van der Waals surface area contributed by atoms with Crippen molar-refractivity contribution >= 4 is 16.8 Å². The first-order valence-electron chi connectivity index (χ1n) is 11.6. The Morgan fingerprint density at radius 1 is 1.15 bits per heavy atom. The lowest BCUT2D eigenvalue weighted by Crippen LogP contribution is -2.34. The lowest BCUT2D eigenvalue weighted by molar-refractivity contribution is 0.0942. The number of aryl methyl sites for hydroxylation is 1. The Bertz CT molecular complexity index is 1200. The molecule has 1 amide bonds. The van der Waals surface area contributed by atoms with Crippen molar-refractivity contribution in [3.8, 4) is 5.75 Å². The van der Waals surface area contributed by atoms with E-state index in [-0.39, 0.29) is 17.5 Å². The molecule has 0 fully saturated rings. The van der Waals surface area contributed by atoms with Gasteiger partial charge in [0.1, 0.15) is 11.6 Å². The van der Waals surface area contributed by atoms with Crippen molar-refractivity contribution in [2.24, 2.45) is 0 Å². The van der Waals surface area contributed by atoms with Crippen LogP contribution < -0.4 is 15.6 Å². The van der Waals surface area contributed by atoms with Gasteiger partial charge in [-0.2, -0.15) is 0 Å². The monoisotopic (exact) mass is 448 g/mol. The van der Waals surface area contributed by atoms with Crippen molar-refractivity contribution in [1.82, 2.24) is 19.8 Å². The second-order valence-electron chi connectivity index (χ2n) is 8.85. The van der Waals surface area contributed by atoms with Crippen molar-refractivity contribution < 1.29 is 9.53 Å². The van der Waals surface area contributed by atoms with Gasteiger partial charge in [0.15, 0.2) is 0 Å². The van der Waals surface area contributed by atoms with Crippen molar-refractivity contribution in [3.05, 3.63) is 69.8 Å². The summed E-state index contributed by atoms with van der Waals surface area (Å²) in [7, 11) is 5.61. The largest absolute Gasteiger partial charge is 0.497 e. The smallest absolute Gasteiger partial charge is 0.261 e. The third-order valence-corrected chi connectivity index (χ3v) is 6.39. The highest BCUT2D eigenvalue weighted by Gasteiger charge is 2.18. The van der Waals surface area contributed by atoms with Crippen LogP contribution in [0.4, 0.5) is 0 Å². The number of methoxy groups -OCH3 is 1. The molecule has 0 saturated carbocycles. The highest BCUT2D eigenvalue weighted by atomic mass is 16.5. The predicted molar refractivity (Wildman–Crippen MR) is 130 cm³/mol. The lowest BCUT2D eigenvalue weighted by atomic mass is 10.0. The topological polar surface area (TPSA) is 76.5 Å². The maximum atomic E-state index is 13.0. The zero-order valence-electron chi connectivity index (χ0n) is 19.6. The van der Waals surface area contributed by atoms with E-state index >= 15 is 0 Å². The average Bonchev–Trinajstić information content (AvgIpc) is 2.80. The van der Waals surface area contributed by atoms with Crippen LogP contribution in [0.1, 0.15) is 53.5 Å². The summed E-state index contributed by atoms with van der Waals surface area (Å²) in [6.07, 6.45) is 5.14. The molecule has 174 valence electrons. The molecule has 4 rings (SSSR count). The quantitative estimate of drug-likeness (QED) is 0.624. The van der Waals surface area contributed by atoms with Gasteiger partial charge < -0.3 is 15.0 Å². The van der Waals surface area contributed by atoms with Gasteiger partial charge in [0.2, 0.25) is 0 Å². The number of aromatic nitrogens is 2. The van der Waals surface area contributed by atoms with E-state index < -0.39 is 0 Å². The van der Waals surface area contributed by atoms with E-state index in [1.807, 2.05) is 42.9 Å². The van der Waals surface area contributed by atoms with Crippen LogP contribution in [-0.4, -0.2) is 48.1 Å². The van der Waals surface area contributed by atoms with Crippen molar-refractivity contribution in [3.63, 3.8) is 0 Å². The van der Waals surface area contributed by atoms with Gasteiger partial charge >= 0.3 is 0 Å². The van der Waals surface area contributed by atoms with E-state index in [0.717, 1.165) is 55.8 Å². The highest BCUT2D eigenvalue weighted by molar-refractivity contribution is 5.97. The molecule has 1 atom stereocenters. The number of amides is 1. The number of hydrogen-bond donors (Lipinski definition) is 1.